The molecule has 0 aromatic heterocycles. The van der Waals surface area contributed by atoms with Gasteiger partial charge in [0.2, 0.25) is 0 Å². The van der Waals surface area contributed by atoms with E-state index >= 15 is 0 Å². The van der Waals surface area contributed by atoms with Crippen LogP contribution in [0.4, 0.5) is 0 Å². The predicted molar refractivity (Wildman–Crippen MR) is 65.0 cm³/mol. The molecular weight excluding hydrogens is 206 g/mol. The van der Waals surface area contributed by atoms with Gasteiger partial charge in [0.15, 0.2) is 0 Å². The van der Waals surface area contributed by atoms with Gasteiger partial charge in [-0.1, -0.05) is 6.07 Å². The molecule has 82 valence electrons. The van der Waals surface area contributed by atoms with Crippen molar-refractivity contribution in [2.45, 2.75) is 23.8 Å². The number of nitrogens with one attached hydrogen (secondary N) is 1. The third-order valence-corrected chi connectivity index (χ3v) is 4.29. The Balaban J connectivity index is 2.39. The first-order chi connectivity index (χ1) is 7.27. The molecule has 0 radical (unpaired) electrons. The highest BCUT2D eigenvalue weighted by atomic mass is 32.2. The summed E-state index contributed by atoms with van der Waals surface area (Å²) in [7, 11) is 3.77. The number of rotatable bonds is 3. The minimum atomic E-state index is 0.495. The lowest BCUT2D eigenvalue weighted by Gasteiger charge is -2.20. The molecular formula is C12H17NOS. The van der Waals surface area contributed by atoms with Crippen molar-refractivity contribution in [3.63, 3.8) is 0 Å². The molecule has 0 fully saturated rings. The number of fused-ring (bicyclic) bond motifs is 1. The van der Waals surface area contributed by atoms with E-state index in [1.807, 2.05) is 18.8 Å². The molecule has 0 saturated carbocycles. The van der Waals surface area contributed by atoms with Gasteiger partial charge in [-0.25, -0.2) is 0 Å². The number of thioether (sulfide) groups is 1. The topological polar surface area (TPSA) is 21.3 Å². The van der Waals surface area contributed by atoms with Crippen molar-refractivity contribution < 1.29 is 4.74 Å². The lowest BCUT2D eigenvalue weighted by Crippen LogP contribution is -2.29. The van der Waals surface area contributed by atoms with Gasteiger partial charge in [0.25, 0.3) is 0 Å². The standard InChI is InChI=1S/C12H17NOS/c1-8(13-2)9-7-15-11-6-4-5-10(14-3)12(9)11/h4-6,8-9,13H,7H2,1-3H3. The zero-order chi connectivity index (χ0) is 10.8. The molecule has 1 aromatic carbocycles. The smallest absolute Gasteiger partial charge is 0.123 e. The van der Waals surface area contributed by atoms with Crippen LogP contribution in [0.25, 0.3) is 0 Å². The van der Waals surface area contributed by atoms with Gasteiger partial charge in [-0.05, 0) is 26.1 Å². The first-order valence-electron chi connectivity index (χ1n) is 5.25. The monoisotopic (exact) mass is 223 g/mol. The lowest BCUT2D eigenvalue weighted by atomic mass is 9.94. The first-order valence-corrected chi connectivity index (χ1v) is 6.23. The summed E-state index contributed by atoms with van der Waals surface area (Å²) in [4.78, 5) is 1.38. The quantitative estimate of drug-likeness (QED) is 0.850. The molecule has 2 atom stereocenters. The third kappa shape index (κ3) is 1.86. The van der Waals surface area contributed by atoms with Gasteiger partial charge < -0.3 is 10.1 Å². The molecule has 1 aliphatic heterocycles. The van der Waals surface area contributed by atoms with Gasteiger partial charge in [0.1, 0.15) is 5.75 Å². The number of hydrogen-bond donors (Lipinski definition) is 1. The molecule has 1 N–H and O–H groups in total. The number of benzene rings is 1. The van der Waals surface area contributed by atoms with Crippen LogP contribution < -0.4 is 10.1 Å². The summed E-state index contributed by atoms with van der Waals surface area (Å²) >= 11 is 1.93. The largest absolute Gasteiger partial charge is 0.496 e. The van der Waals surface area contributed by atoms with Crippen LogP contribution in [0, 0.1) is 0 Å². The Morgan fingerprint density at radius 1 is 1.53 bits per heavy atom. The predicted octanol–water partition coefficient (Wildman–Crippen LogP) is 2.49. The maximum absolute atomic E-state index is 5.44. The van der Waals surface area contributed by atoms with Gasteiger partial charge in [0.05, 0.1) is 7.11 Å². The number of hydrogen-bond acceptors (Lipinski definition) is 3. The maximum Gasteiger partial charge on any atom is 0.123 e. The minimum Gasteiger partial charge on any atom is -0.496 e. The van der Waals surface area contributed by atoms with E-state index in [2.05, 4.69) is 30.4 Å². The van der Waals surface area contributed by atoms with E-state index in [1.165, 1.54) is 10.5 Å². The van der Waals surface area contributed by atoms with E-state index in [-0.39, 0.29) is 0 Å². The molecule has 2 nitrogen and oxygen atoms in total. The van der Waals surface area contributed by atoms with Crippen molar-refractivity contribution in [2.24, 2.45) is 0 Å². The van der Waals surface area contributed by atoms with Crippen molar-refractivity contribution >= 4 is 11.8 Å². The molecule has 1 aliphatic rings. The van der Waals surface area contributed by atoms with Crippen LogP contribution in [0.2, 0.25) is 0 Å². The molecule has 0 amide bonds. The van der Waals surface area contributed by atoms with E-state index < -0.39 is 0 Å². The zero-order valence-corrected chi connectivity index (χ0v) is 10.2. The summed E-state index contributed by atoms with van der Waals surface area (Å²) in [6.45, 7) is 2.23. The molecule has 15 heavy (non-hydrogen) atoms. The number of likely N-dealkylation sites (N-methyl/N-ethyl adjacent to an activating group) is 1. The number of methoxy groups -OCH3 is 1. The van der Waals surface area contributed by atoms with E-state index in [4.69, 9.17) is 4.74 Å². The fourth-order valence-electron chi connectivity index (χ4n) is 2.05. The SMILES string of the molecule is CNC(C)C1CSc2cccc(OC)c21. The van der Waals surface area contributed by atoms with Crippen LogP contribution >= 0.6 is 11.8 Å². The minimum absolute atomic E-state index is 0.495. The Morgan fingerprint density at radius 3 is 3.00 bits per heavy atom. The second-order valence-electron chi connectivity index (χ2n) is 3.87. The van der Waals surface area contributed by atoms with Crippen LogP contribution in [-0.2, 0) is 0 Å². The van der Waals surface area contributed by atoms with Gasteiger partial charge in [-0.3, -0.25) is 0 Å². The van der Waals surface area contributed by atoms with Gasteiger partial charge in [-0.15, -0.1) is 11.8 Å². The van der Waals surface area contributed by atoms with Crippen LogP contribution in [0.5, 0.6) is 5.75 Å². The Kier molecular flexibility index (Phi) is 3.22. The van der Waals surface area contributed by atoms with E-state index in [0.29, 0.717) is 12.0 Å². The molecule has 3 heteroatoms. The fourth-order valence-corrected chi connectivity index (χ4v) is 3.45. The van der Waals surface area contributed by atoms with E-state index in [9.17, 15) is 0 Å². The Bertz CT molecular complexity index is 353. The lowest BCUT2D eigenvalue weighted by molar-refractivity contribution is 0.399. The average molecular weight is 223 g/mol. The van der Waals surface area contributed by atoms with Crippen molar-refractivity contribution in [1.82, 2.24) is 5.32 Å². The molecule has 0 bridgehead atoms. The van der Waals surface area contributed by atoms with Gasteiger partial charge in [0, 0.05) is 28.2 Å². The van der Waals surface area contributed by atoms with Crippen molar-refractivity contribution in [1.29, 1.82) is 0 Å². The highest BCUT2D eigenvalue weighted by molar-refractivity contribution is 7.99. The van der Waals surface area contributed by atoms with Crippen LogP contribution in [0.15, 0.2) is 23.1 Å². The average Bonchev–Trinajstić information content (AvgIpc) is 2.71. The first kappa shape index (κ1) is 10.8. The molecule has 2 unspecified atom stereocenters. The normalized spacial score (nSPS) is 21.1. The van der Waals surface area contributed by atoms with Crippen LogP contribution in [-0.4, -0.2) is 26.0 Å². The second kappa shape index (κ2) is 4.45. The molecule has 2 rings (SSSR count). The fraction of sp³-hybridized carbons (Fsp3) is 0.500. The third-order valence-electron chi connectivity index (χ3n) is 3.09. The summed E-state index contributed by atoms with van der Waals surface area (Å²) in [5.74, 6) is 2.74. The Labute approximate surface area is 95.4 Å². The van der Waals surface area contributed by atoms with Crippen molar-refractivity contribution in [3.05, 3.63) is 23.8 Å². The summed E-state index contributed by atoms with van der Waals surface area (Å²) in [6, 6.07) is 6.80. The van der Waals surface area contributed by atoms with Crippen molar-refractivity contribution in [3.8, 4) is 5.75 Å². The van der Waals surface area contributed by atoms with E-state index in [0.717, 1.165) is 11.5 Å². The highest BCUT2D eigenvalue weighted by Gasteiger charge is 2.30. The van der Waals surface area contributed by atoms with Gasteiger partial charge >= 0.3 is 0 Å². The molecule has 1 heterocycles. The van der Waals surface area contributed by atoms with E-state index in [1.54, 1.807) is 7.11 Å². The van der Waals surface area contributed by atoms with Crippen molar-refractivity contribution in [2.75, 3.05) is 19.9 Å². The highest BCUT2D eigenvalue weighted by Crippen LogP contribution is 2.45. The Hall–Kier alpha value is -0.670. The van der Waals surface area contributed by atoms with Gasteiger partial charge in [-0.2, -0.15) is 0 Å². The summed E-state index contributed by atoms with van der Waals surface area (Å²) < 4.78 is 5.44. The molecule has 0 spiro atoms. The Morgan fingerprint density at radius 2 is 2.33 bits per heavy atom. The molecule has 1 aromatic rings. The summed E-state index contributed by atoms with van der Waals surface area (Å²) in [6.07, 6.45) is 0. The second-order valence-corrected chi connectivity index (χ2v) is 4.93. The van der Waals surface area contributed by atoms with Crippen LogP contribution in [0.1, 0.15) is 18.4 Å². The molecule has 0 saturated heterocycles. The number of ether oxygens (including phenoxy) is 1. The zero-order valence-electron chi connectivity index (χ0n) is 9.41. The van der Waals surface area contributed by atoms with Crippen LogP contribution in [0.3, 0.4) is 0 Å². The molecule has 0 aliphatic carbocycles. The summed E-state index contributed by atoms with van der Waals surface area (Å²) in [5.41, 5.74) is 1.38. The maximum atomic E-state index is 5.44. The summed E-state index contributed by atoms with van der Waals surface area (Å²) in [5, 5.41) is 3.33.